The maximum atomic E-state index is 13.4. The number of hydrogen-bond donors (Lipinski definition) is 2. The summed E-state index contributed by atoms with van der Waals surface area (Å²) in [5.41, 5.74) is -0.187. The van der Waals surface area contributed by atoms with Crippen LogP contribution >= 0.6 is 23.2 Å². The van der Waals surface area contributed by atoms with Crippen LogP contribution in [-0.2, 0) is 9.59 Å². The van der Waals surface area contributed by atoms with Crippen molar-refractivity contribution in [3.8, 4) is 0 Å². The molecule has 0 saturated carbocycles. The molecule has 0 bridgehead atoms. The minimum atomic E-state index is -1.14. The number of nitrogens with one attached hydrogen (secondary N) is 2. The molecule has 114 valence electrons. The number of carbonyl (C=O) groups is 2. The highest BCUT2D eigenvalue weighted by Crippen LogP contribution is 2.29. The second kappa shape index (κ2) is 6.72. The first-order valence-electron chi connectivity index (χ1n) is 5.90. The Morgan fingerprint density at radius 1 is 0.909 bits per heavy atom. The lowest BCUT2D eigenvalue weighted by Gasteiger charge is -2.09. The lowest BCUT2D eigenvalue weighted by Crippen LogP contribution is -2.29. The Kier molecular flexibility index (Phi) is 4.95. The van der Waals surface area contributed by atoms with Crippen molar-refractivity contribution in [1.82, 2.24) is 0 Å². The van der Waals surface area contributed by atoms with Gasteiger partial charge >= 0.3 is 11.8 Å². The molecule has 4 nitrogen and oxygen atoms in total. The molecule has 2 rings (SSSR count). The Morgan fingerprint density at radius 2 is 1.55 bits per heavy atom. The molecule has 2 N–H and O–H groups in total. The minimum absolute atomic E-state index is 0.0679. The van der Waals surface area contributed by atoms with Gasteiger partial charge in [-0.05, 0) is 24.3 Å². The first-order valence-corrected chi connectivity index (χ1v) is 6.65. The summed E-state index contributed by atoms with van der Waals surface area (Å²) >= 11 is 11.6. The molecule has 8 heteroatoms. The maximum Gasteiger partial charge on any atom is 0.314 e. The van der Waals surface area contributed by atoms with Crippen LogP contribution in [-0.4, -0.2) is 11.8 Å². The summed E-state index contributed by atoms with van der Waals surface area (Å²) < 4.78 is 26.1. The zero-order chi connectivity index (χ0) is 16.3. The quantitative estimate of drug-likeness (QED) is 0.813. The lowest BCUT2D eigenvalue weighted by molar-refractivity contribution is -0.133. The fourth-order valence-electron chi connectivity index (χ4n) is 1.55. The van der Waals surface area contributed by atoms with E-state index in [9.17, 15) is 18.4 Å². The van der Waals surface area contributed by atoms with Crippen LogP contribution in [0, 0.1) is 11.6 Å². The van der Waals surface area contributed by atoms with Gasteiger partial charge in [-0.2, -0.15) is 0 Å². The van der Waals surface area contributed by atoms with Crippen molar-refractivity contribution >= 4 is 46.4 Å². The molecule has 0 saturated heterocycles. The van der Waals surface area contributed by atoms with Crippen molar-refractivity contribution in [2.75, 3.05) is 10.6 Å². The Balaban J connectivity index is 2.09. The molecule has 2 aromatic rings. The van der Waals surface area contributed by atoms with Crippen molar-refractivity contribution in [2.45, 2.75) is 0 Å². The second-order valence-corrected chi connectivity index (χ2v) is 4.92. The van der Waals surface area contributed by atoms with E-state index in [-0.39, 0.29) is 21.4 Å². The molecule has 0 spiro atoms. The molecule has 2 amide bonds. The third-order valence-electron chi connectivity index (χ3n) is 2.59. The van der Waals surface area contributed by atoms with E-state index in [1.165, 1.54) is 18.2 Å². The molecule has 0 aromatic heterocycles. The third-order valence-corrected chi connectivity index (χ3v) is 3.40. The summed E-state index contributed by atoms with van der Waals surface area (Å²) in [7, 11) is 0. The molecule has 0 atom stereocenters. The zero-order valence-electron chi connectivity index (χ0n) is 10.8. The number of rotatable bonds is 2. The van der Waals surface area contributed by atoms with Gasteiger partial charge < -0.3 is 10.6 Å². The molecule has 0 radical (unpaired) electrons. The first-order chi connectivity index (χ1) is 10.4. The zero-order valence-corrected chi connectivity index (χ0v) is 12.3. The Morgan fingerprint density at radius 3 is 2.18 bits per heavy atom. The number of halogens is 4. The maximum absolute atomic E-state index is 13.4. The average Bonchev–Trinajstić information content (AvgIpc) is 2.46. The van der Waals surface area contributed by atoms with Gasteiger partial charge in [0.1, 0.15) is 11.6 Å². The predicted octanol–water partition coefficient (Wildman–Crippen LogP) is 3.85. The molecule has 0 unspecified atom stereocenters. The highest BCUT2D eigenvalue weighted by atomic mass is 35.5. The third kappa shape index (κ3) is 3.72. The normalized spacial score (nSPS) is 10.2. The van der Waals surface area contributed by atoms with Crippen molar-refractivity contribution in [3.63, 3.8) is 0 Å². The molecule has 0 aliphatic rings. The Hall–Kier alpha value is -2.18. The minimum Gasteiger partial charge on any atom is -0.316 e. The molecule has 0 heterocycles. The van der Waals surface area contributed by atoms with Gasteiger partial charge in [-0.25, -0.2) is 8.78 Å². The fraction of sp³-hybridized carbons (Fsp3) is 0. The summed E-state index contributed by atoms with van der Waals surface area (Å²) in [5, 5.41) is 4.53. The smallest absolute Gasteiger partial charge is 0.314 e. The van der Waals surface area contributed by atoms with Crippen LogP contribution in [0.4, 0.5) is 20.2 Å². The van der Waals surface area contributed by atoms with Crippen molar-refractivity contribution < 1.29 is 18.4 Å². The van der Waals surface area contributed by atoms with Crippen LogP contribution in [0.1, 0.15) is 0 Å². The predicted molar refractivity (Wildman–Crippen MR) is 80.1 cm³/mol. The molecule has 0 aliphatic heterocycles. The number of benzene rings is 2. The van der Waals surface area contributed by atoms with Gasteiger partial charge in [0, 0.05) is 6.07 Å². The Bertz CT molecular complexity index is 754. The van der Waals surface area contributed by atoms with E-state index < -0.39 is 23.4 Å². The van der Waals surface area contributed by atoms with Gasteiger partial charge in [0.05, 0.1) is 21.4 Å². The monoisotopic (exact) mass is 344 g/mol. The van der Waals surface area contributed by atoms with E-state index in [0.29, 0.717) is 6.07 Å². The number of carbonyl (C=O) groups excluding carboxylic acids is 2. The van der Waals surface area contributed by atoms with Crippen LogP contribution in [0.15, 0.2) is 36.4 Å². The largest absolute Gasteiger partial charge is 0.316 e. The van der Waals surface area contributed by atoms with Gasteiger partial charge in [-0.1, -0.05) is 29.3 Å². The molecule has 0 fully saturated rings. The summed E-state index contributed by atoms with van der Waals surface area (Å²) in [5.74, 6) is -4.01. The average molecular weight is 345 g/mol. The fourth-order valence-corrected chi connectivity index (χ4v) is 1.90. The molecular weight excluding hydrogens is 337 g/mol. The van der Waals surface area contributed by atoms with E-state index in [0.717, 1.165) is 12.1 Å². The molecule has 2 aromatic carbocycles. The lowest BCUT2D eigenvalue weighted by atomic mass is 10.3. The summed E-state index contributed by atoms with van der Waals surface area (Å²) in [4.78, 5) is 23.4. The number of hydrogen-bond acceptors (Lipinski definition) is 2. The highest BCUT2D eigenvalue weighted by Gasteiger charge is 2.17. The van der Waals surface area contributed by atoms with Crippen molar-refractivity contribution in [3.05, 3.63) is 58.1 Å². The van der Waals surface area contributed by atoms with Gasteiger partial charge in [0.2, 0.25) is 0 Å². The Labute approximate surface area is 134 Å². The van der Waals surface area contributed by atoms with E-state index >= 15 is 0 Å². The van der Waals surface area contributed by atoms with Crippen LogP contribution in [0.2, 0.25) is 10.0 Å². The van der Waals surface area contributed by atoms with Crippen molar-refractivity contribution in [2.24, 2.45) is 0 Å². The van der Waals surface area contributed by atoms with E-state index in [4.69, 9.17) is 23.2 Å². The van der Waals surface area contributed by atoms with E-state index in [1.807, 2.05) is 5.32 Å². The molecular formula is C14H8Cl2F2N2O2. The summed E-state index contributed by atoms with van der Waals surface area (Å²) in [6.07, 6.45) is 0. The molecule has 0 aliphatic carbocycles. The van der Waals surface area contributed by atoms with Gasteiger partial charge in [0.15, 0.2) is 0 Å². The summed E-state index contributed by atoms with van der Waals surface area (Å²) in [6.45, 7) is 0. The highest BCUT2D eigenvalue weighted by molar-refractivity contribution is 6.47. The summed E-state index contributed by atoms with van der Waals surface area (Å²) in [6, 6.07) is 7.01. The van der Waals surface area contributed by atoms with Crippen LogP contribution < -0.4 is 10.6 Å². The van der Waals surface area contributed by atoms with E-state index in [2.05, 4.69) is 5.32 Å². The van der Waals surface area contributed by atoms with Crippen LogP contribution in [0.5, 0.6) is 0 Å². The van der Waals surface area contributed by atoms with E-state index in [1.54, 1.807) is 0 Å². The van der Waals surface area contributed by atoms with Gasteiger partial charge in [-0.15, -0.1) is 0 Å². The SMILES string of the molecule is O=C(Nc1ccc(F)cc1F)C(=O)Nc1cccc(Cl)c1Cl. The van der Waals surface area contributed by atoms with Crippen LogP contribution in [0.3, 0.4) is 0 Å². The van der Waals surface area contributed by atoms with Gasteiger partial charge in [-0.3, -0.25) is 9.59 Å². The second-order valence-electron chi connectivity index (χ2n) is 4.13. The molecule has 22 heavy (non-hydrogen) atoms. The number of anilines is 2. The number of amides is 2. The first kappa shape index (κ1) is 16.2. The van der Waals surface area contributed by atoms with Gasteiger partial charge in [0.25, 0.3) is 0 Å². The standard InChI is InChI=1S/C14H8Cl2F2N2O2/c15-8-2-1-3-11(12(8)16)20-14(22)13(21)19-10-5-4-7(17)6-9(10)18/h1-6H,(H,19,21)(H,20,22). The topological polar surface area (TPSA) is 58.2 Å². The van der Waals surface area contributed by atoms with Crippen LogP contribution in [0.25, 0.3) is 0 Å². The van der Waals surface area contributed by atoms with Crippen molar-refractivity contribution in [1.29, 1.82) is 0 Å².